The van der Waals surface area contributed by atoms with Crippen molar-refractivity contribution in [3.05, 3.63) is 60.2 Å². The third kappa shape index (κ3) is 4.53. The second-order valence-electron chi connectivity index (χ2n) is 8.88. The number of nitrogens with one attached hydrogen (secondary N) is 2. The average molecular weight is 491 g/mol. The summed E-state index contributed by atoms with van der Waals surface area (Å²) < 4.78 is 1.90. The van der Waals surface area contributed by atoms with Gasteiger partial charge in [-0.1, -0.05) is 73.0 Å². The highest BCUT2D eigenvalue weighted by Gasteiger charge is 2.52. The summed E-state index contributed by atoms with van der Waals surface area (Å²) in [5.74, 6) is -0.222. The number of imide groups is 1. The molecule has 2 aromatic carbocycles. The van der Waals surface area contributed by atoms with E-state index in [2.05, 4.69) is 20.9 Å². The molecule has 9 nitrogen and oxygen atoms in total. The quantitative estimate of drug-likeness (QED) is 0.404. The first-order chi connectivity index (χ1) is 17.0. The van der Waals surface area contributed by atoms with Crippen LogP contribution in [0.2, 0.25) is 0 Å². The maximum atomic E-state index is 12.9. The van der Waals surface area contributed by atoms with Crippen molar-refractivity contribution >= 4 is 29.6 Å². The molecule has 5 rings (SSSR count). The summed E-state index contributed by atoms with van der Waals surface area (Å²) in [5, 5.41) is 12.9. The Morgan fingerprint density at radius 2 is 1.83 bits per heavy atom. The molecule has 0 radical (unpaired) electrons. The third-order valence-corrected chi connectivity index (χ3v) is 7.29. The second-order valence-corrected chi connectivity index (χ2v) is 9.83. The number of hydrazine groups is 1. The van der Waals surface area contributed by atoms with E-state index in [1.54, 1.807) is 0 Å². The number of hydrogen-bond donors (Lipinski definition) is 2. The van der Waals surface area contributed by atoms with Crippen molar-refractivity contribution in [3.8, 4) is 17.1 Å². The fraction of sp³-hybridized carbons (Fsp3) is 0.320. The predicted molar refractivity (Wildman–Crippen MR) is 132 cm³/mol. The summed E-state index contributed by atoms with van der Waals surface area (Å²) in [7, 11) is 0. The number of aromatic nitrogens is 3. The van der Waals surface area contributed by atoms with Crippen LogP contribution in [0.5, 0.6) is 0 Å². The molecular weight excluding hydrogens is 464 g/mol. The van der Waals surface area contributed by atoms with Gasteiger partial charge < -0.3 is 5.32 Å². The SMILES string of the molecule is Cc1cccc(-c2nnc(SCC(=O)NN3C(=O)NC4(CCCCC4)C3=O)n2-c2ccccc2)c1. The first kappa shape index (κ1) is 23.1. The molecule has 1 saturated carbocycles. The zero-order chi connectivity index (χ0) is 24.4. The maximum Gasteiger partial charge on any atom is 0.344 e. The lowest BCUT2D eigenvalue weighted by Crippen LogP contribution is -2.51. The van der Waals surface area contributed by atoms with Gasteiger partial charge in [-0.15, -0.1) is 10.2 Å². The Labute approximate surface area is 207 Å². The molecule has 3 aromatic rings. The van der Waals surface area contributed by atoms with Gasteiger partial charge in [-0.3, -0.25) is 19.6 Å². The van der Waals surface area contributed by atoms with E-state index in [9.17, 15) is 14.4 Å². The van der Waals surface area contributed by atoms with Crippen molar-refractivity contribution in [2.75, 3.05) is 5.75 Å². The Morgan fingerprint density at radius 1 is 1.06 bits per heavy atom. The number of benzene rings is 2. The van der Waals surface area contributed by atoms with Gasteiger partial charge in [0, 0.05) is 11.3 Å². The molecule has 1 spiro atoms. The molecule has 2 heterocycles. The Morgan fingerprint density at radius 3 is 2.57 bits per heavy atom. The van der Waals surface area contributed by atoms with Gasteiger partial charge in [0.05, 0.1) is 5.75 Å². The molecule has 35 heavy (non-hydrogen) atoms. The van der Waals surface area contributed by atoms with Gasteiger partial charge in [-0.05, 0) is 38.0 Å². The van der Waals surface area contributed by atoms with Crippen LogP contribution in [0.1, 0.15) is 37.7 Å². The van der Waals surface area contributed by atoms with E-state index >= 15 is 0 Å². The van der Waals surface area contributed by atoms with Crippen molar-refractivity contribution in [2.24, 2.45) is 0 Å². The van der Waals surface area contributed by atoms with Gasteiger partial charge in [0.15, 0.2) is 11.0 Å². The number of amides is 4. The van der Waals surface area contributed by atoms with Crippen LogP contribution in [0.4, 0.5) is 4.79 Å². The first-order valence-electron chi connectivity index (χ1n) is 11.6. The Bertz CT molecular complexity index is 1270. The number of urea groups is 1. The van der Waals surface area contributed by atoms with E-state index in [1.807, 2.05) is 66.1 Å². The molecule has 1 saturated heterocycles. The molecule has 10 heteroatoms. The zero-order valence-corrected chi connectivity index (χ0v) is 20.2. The minimum absolute atomic E-state index is 0.0388. The van der Waals surface area contributed by atoms with Crippen LogP contribution in [-0.4, -0.2) is 48.9 Å². The van der Waals surface area contributed by atoms with Crippen LogP contribution in [0.15, 0.2) is 59.8 Å². The Hall–Kier alpha value is -3.66. The van der Waals surface area contributed by atoms with Gasteiger partial charge in [-0.2, -0.15) is 5.01 Å². The Balaban J connectivity index is 1.33. The smallest absolute Gasteiger partial charge is 0.322 e. The van der Waals surface area contributed by atoms with Crippen LogP contribution in [-0.2, 0) is 9.59 Å². The van der Waals surface area contributed by atoms with E-state index in [0.29, 0.717) is 23.8 Å². The highest BCUT2D eigenvalue weighted by atomic mass is 32.2. The van der Waals surface area contributed by atoms with Gasteiger partial charge in [0.2, 0.25) is 5.91 Å². The number of carbonyl (C=O) groups is 3. The van der Waals surface area contributed by atoms with Gasteiger partial charge in [0.25, 0.3) is 5.91 Å². The fourth-order valence-corrected chi connectivity index (χ4v) is 5.39. The van der Waals surface area contributed by atoms with Gasteiger partial charge in [0.1, 0.15) is 5.54 Å². The molecule has 0 atom stereocenters. The minimum atomic E-state index is -0.883. The van der Waals surface area contributed by atoms with Gasteiger partial charge >= 0.3 is 6.03 Å². The van der Waals surface area contributed by atoms with E-state index in [4.69, 9.17) is 0 Å². The Kier molecular flexibility index (Phi) is 6.29. The lowest BCUT2D eigenvalue weighted by atomic mass is 9.82. The fourth-order valence-electron chi connectivity index (χ4n) is 4.65. The van der Waals surface area contributed by atoms with Crippen LogP contribution >= 0.6 is 11.8 Å². The summed E-state index contributed by atoms with van der Waals surface area (Å²) in [4.78, 5) is 38.1. The minimum Gasteiger partial charge on any atom is -0.322 e. The van der Waals surface area contributed by atoms with Crippen molar-refractivity contribution in [2.45, 2.75) is 49.7 Å². The number of aryl methyl sites for hydroxylation is 1. The van der Waals surface area contributed by atoms with Crippen LogP contribution in [0.3, 0.4) is 0 Å². The molecule has 0 unspecified atom stereocenters. The normalized spacial score (nSPS) is 17.0. The number of hydrogen-bond acceptors (Lipinski definition) is 6. The maximum absolute atomic E-state index is 12.9. The highest BCUT2D eigenvalue weighted by Crippen LogP contribution is 2.33. The largest absolute Gasteiger partial charge is 0.344 e. The number of nitrogens with zero attached hydrogens (tertiary/aromatic N) is 4. The topological polar surface area (TPSA) is 109 Å². The van der Waals surface area contributed by atoms with E-state index in [1.165, 1.54) is 11.8 Å². The monoisotopic (exact) mass is 490 g/mol. The second kappa shape index (κ2) is 9.53. The molecule has 180 valence electrons. The molecule has 1 aliphatic carbocycles. The molecule has 1 aromatic heterocycles. The lowest BCUT2D eigenvalue weighted by Gasteiger charge is -2.30. The van der Waals surface area contributed by atoms with Crippen molar-refractivity contribution < 1.29 is 14.4 Å². The molecule has 1 aliphatic heterocycles. The third-order valence-electron chi connectivity index (χ3n) is 6.36. The van der Waals surface area contributed by atoms with Crippen molar-refractivity contribution in [1.29, 1.82) is 0 Å². The van der Waals surface area contributed by atoms with E-state index in [-0.39, 0.29) is 11.7 Å². The lowest BCUT2D eigenvalue weighted by molar-refractivity contribution is -0.139. The highest BCUT2D eigenvalue weighted by molar-refractivity contribution is 7.99. The van der Waals surface area contributed by atoms with Crippen LogP contribution in [0.25, 0.3) is 17.1 Å². The first-order valence-corrected chi connectivity index (χ1v) is 12.6. The standard InChI is InChI=1S/C25H26N6O3S/c1-17-9-8-10-18(15-17)21-27-28-24(30(21)19-11-4-2-5-12-19)35-16-20(32)29-31-22(33)25(26-23(31)34)13-6-3-7-14-25/h2,4-5,8-12,15H,3,6-7,13-14,16H2,1H3,(H,26,34)(H,29,32). The molecule has 2 fully saturated rings. The summed E-state index contributed by atoms with van der Waals surface area (Å²) >= 11 is 1.19. The summed E-state index contributed by atoms with van der Waals surface area (Å²) in [6.07, 6.45) is 3.99. The molecule has 0 bridgehead atoms. The van der Waals surface area contributed by atoms with E-state index < -0.39 is 17.5 Å². The zero-order valence-electron chi connectivity index (χ0n) is 19.4. The number of thioether (sulfide) groups is 1. The number of rotatable bonds is 6. The van der Waals surface area contributed by atoms with Crippen LogP contribution < -0.4 is 10.7 Å². The summed E-state index contributed by atoms with van der Waals surface area (Å²) in [6.45, 7) is 2.01. The van der Waals surface area contributed by atoms with Crippen molar-refractivity contribution in [3.63, 3.8) is 0 Å². The van der Waals surface area contributed by atoms with Gasteiger partial charge in [-0.25, -0.2) is 4.79 Å². The molecular formula is C25H26N6O3S. The van der Waals surface area contributed by atoms with E-state index in [0.717, 1.165) is 41.1 Å². The molecule has 2 N–H and O–H groups in total. The average Bonchev–Trinajstić information content (AvgIpc) is 3.39. The summed E-state index contributed by atoms with van der Waals surface area (Å²) in [6, 6.07) is 17.1. The van der Waals surface area contributed by atoms with Crippen molar-refractivity contribution in [1.82, 2.24) is 30.5 Å². The van der Waals surface area contributed by atoms with Crippen LogP contribution in [0, 0.1) is 6.92 Å². The number of carbonyl (C=O) groups excluding carboxylic acids is 3. The predicted octanol–water partition coefficient (Wildman–Crippen LogP) is 3.62. The number of para-hydroxylation sites is 1. The molecule has 2 aliphatic rings. The molecule has 4 amide bonds. The summed E-state index contributed by atoms with van der Waals surface area (Å²) in [5.41, 5.74) is 4.47.